The van der Waals surface area contributed by atoms with Crippen molar-refractivity contribution in [1.82, 2.24) is 0 Å². The molecule has 0 fully saturated rings. The maximum atomic E-state index is 10.1. The number of carbonyl (C=O) groups is 1. The second-order valence-electron chi connectivity index (χ2n) is 1.08. The molecule has 0 aliphatic heterocycles. The molecule has 0 atom stereocenters. The molecular weight excluding hydrogens is 108 g/mol. The summed E-state index contributed by atoms with van der Waals surface area (Å²) >= 11 is 0. The quantitative estimate of drug-likeness (QED) is 0.217. The highest BCUT2D eigenvalue weighted by Crippen LogP contribution is 1.74. The lowest BCUT2D eigenvalue weighted by Crippen LogP contribution is -1.99. The molecular formula is C4H6N2O2. The van der Waals surface area contributed by atoms with Gasteiger partial charge in [0.05, 0.1) is 7.11 Å². The van der Waals surface area contributed by atoms with Crippen LogP contribution in [0.15, 0.2) is 0 Å². The highest BCUT2D eigenvalue weighted by Gasteiger charge is 1.96. The fraction of sp³-hybridized carbons (Fsp3) is 0.500. The molecule has 0 saturated carbocycles. The van der Waals surface area contributed by atoms with E-state index >= 15 is 0 Å². The number of hydrogen-bond donors (Lipinski definition) is 0. The molecule has 0 rings (SSSR count). The third kappa shape index (κ3) is 3.06. The van der Waals surface area contributed by atoms with Crippen LogP contribution < -0.4 is 0 Å². The van der Waals surface area contributed by atoms with Crippen LogP contribution in [0.3, 0.4) is 0 Å². The summed E-state index contributed by atoms with van der Waals surface area (Å²) in [5.74, 6) is -0.414. The summed E-state index contributed by atoms with van der Waals surface area (Å²) in [6.07, 6.45) is 1.08. The Morgan fingerprint density at radius 2 is 2.62 bits per heavy atom. The van der Waals surface area contributed by atoms with Gasteiger partial charge in [-0.05, 0) is 0 Å². The third-order valence-corrected chi connectivity index (χ3v) is 0.567. The highest BCUT2D eigenvalue weighted by atomic mass is 16.5. The van der Waals surface area contributed by atoms with Gasteiger partial charge in [0, 0.05) is 0 Å². The van der Waals surface area contributed by atoms with Crippen LogP contribution in [-0.2, 0) is 9.53 Å². The minimum atomic E-state index is -0.414. The van der Waals surface area contributed by atoms with Crippen LogP contribution >= 0.6 is 0 Å². The van der Waals surface area contributed by atoms with Gasteiger partial charge >= 0.3 is 5.97 Å². The molecule has 8 heavy (non-hydrogen) atoms. The number of methoxy groups -OCH3 is 1. The maximum Gasteiger partial charge on any atom is 0.316 e. The van der Waals surface area contributed by atoms with Crippen molar-refractivity contribution in [3.8, 4) is 0 Å². The average Bonchev–Trinajstić information content (AvgIpc) is 1.83. The lowest BCUT2D eigenvalue weighted by Gasteiger charge is -1.85. The Kier molecular flexibility index (Phi) is 3.44. The van der Waals surface area contributed by atoms with E-state index in [1.807, 2.05) is 0 Å². The first-order chi connectivity index (χ1) is 3.81. The Bertz CT molecular complexity index is 126. The Labute approximate surface area is 46.7 Å². The summed E-state index contributed by atoms with van der Waals surface area (Å²) in [7, 11) is 1.27. The predicted octanol–water partition coefficient (Wildman–Crippen LogP) is -0.150. The molecule has 0 N–H and O–H groups in total. The molecule has 0 radical (unpaired) electrons. The Morgan fingerprint density at radius 1 is 2.00 bits per heavy atom. The van der Waals surface area contributed by atoms with E-state index in [9.17, 15) is 4.79 Å². The fourth-order valence-electron chi connectivity index (χ4n) is 0.199. The van der Waals surface area contributed by atoms with E-state index in [2.05, 4.69) is 9.53 Å². The van der Waals surface area contributed by atoms with Crippen molar-refractivity contribution >= 4 is 12.2 Å². The van der Waals surface area contributed by atoms with Crippen LogP contribution in [0.2, 0.25) is 0 Å². The molecule has 4 nitrogen and oxygen atoms in total. The van der Waals surface area contributed by atoms with Gasteiger partial charge in [-0.15, -0.1) is 0 Å². The second kappa shape index (κ2) is 4.02. The van der Waals surface area contributed by atoms with E-state index in [-0.39, 0.29) is 6.42 Å². The Morgan fingerprint density at radius 3 is 3.00 bits per heavy atom. The molecule has 0 spiro atoms. The van der Waals surface area contributed by atoms with Crippen molar-refractivity contribution in [3.63, 3.8) is 0 Å². The van der Waals surface area contributed by atoms with Crippen LogP contribution in [0.4, 0.5) is 0 Å². The van der Waals surface area contributed by atoms with E-state index in [0.717, 1.165) is 6.21 Å². The van der Waals surface area contributed by atoms with E-state index in [1.54, 1.807) is 0 Å². The number of hydrogen-bond acceptors (Lipinski definition) is 2. The predicted molar refractivity (Wildman–Crippen MR) is 26.3 cm³/mol. The second-order valence-corrected chi connectivity index (χ2v) is 1.08. The molecule has 0 aliphatic carbocycles. The van der Waals surface area contributed by atoms with Crippen LogP contribution in [-0.4, -0.2) is 24.1 Å². The van der Waals surface area contributed by atoms with Crippen LogP contribution in [0.25, 0.3) is 5.53 Å². The van der Waals surface area contributed by atoms with E-state index < -0.39 is 5.97 Å². The molecule has 0 aromatic heterocycles. The molecule has 0 bridgehead atoms. The van der Waals surface area contributed by atoms with Crippen LogP contribution in [0, 0.1) is 0 Å². The lowest BCUT2D eigenvalue weighted by atomic mass is 10.5. The van der Waals surface area contributed by atoms with E-state index in [0.29, 0.717) is 0 Å². The largest absolute Gasteiger partial charge is 0.469 e. The molecule has 0 aliphatic rings. The maximum absolute atomic E-state index is 10.1. The zero-order valence-electron chi connectivity index (χ0n) is 4.50. The van der Waals surface area contributed by atoms with Gasteiger partial charge in [0.2, 0.25) is 0 Å². The highest BCUT2D eigenvalue weighted by molar-refractivity contribution is 5.83. The molecule has 0 heterocycles. The number of nitrogens with zero attached hydrogens (tertiary/aromatic N) is 2. The van der Waals surface area contributed by atoms with Gasteiger partial charge in [-0.1, -0.05) is 0 Å². The smallest absolute Gasteiger partial charge is 0.316 e. The van der Waals surface area contributed by atoms with Gasteiger partial charge in [0.25, 0.3) is 6.21 Å². The van der Waals surface area contributed by atoms with Gasteiger partial charge < -0.3 is 10.3 Å². The zero-order valence-corrected chi connectivity index (χ0v) is 4.50. The summed E-state index contributed by atoms with van der Waals surface area (Å²) < 4.78 is 4.21. The third-order valence-electron chi connectivity index (χ3n) is 0.567. The average molecular weight is 114 g/mol. The van der Waals surface area contributed by atoms with Gasteiger partial charge in [-0.2, -0.15) is 4.79 Å². The summed E-state index contributed by atoms with van der Waals surface area (Å²) in [4.78, 5) is 12.7. The number of carbonyl (C=O) groups excluding carboxylic acids is 1. The molecule has 4 heteroatoms. The van der Waals surface area contributed by atoms with E-state index in [4.69, 9.17) is 5.53 Å². The minimum Gasteiger partial charge on any atom is -0.469 e. The van der Waals surface area contributed by atoms with Crippen LogP contribution in [0.5, 0.6) is 0 Å². The fourth-order valence-corrected chi connectivity index (χ4v) is 0.199. The lowest BCUT2D eigenvalue weighted by molar-refractivity contribution is -0.139. The van der Waals surface area contributed by atoms with Crippen molar-refractivity contribution < 1.29 is 14.3 Å². The molecule has 0 unspecified atom stereocenters. The van der Waals surface area contributed by atoms with E-state index in [1.165, 1.54) is 7.11 Å². The first kappa shape index (κ1) is 6.85. The molecule has 0 amide bonds. The Hall–Kier alpha value is -1.15. The number of ether oxygens (including phenoxy) is 1. The van der Waals surface area contributed by atoms with Gasteiger partial charge in [-0.25, -0.2) is 0 Å². The molecule has 0 aromatic carbocycles. The van der Waals surface area contributed by atoms with Crippen molar-refractivity contribution in [2.45, 2.75) is 6.42 Å². The molecule has 44 valence electrons. The molecule has 0 aromatic rings. The normalized spacial score (nSPS) is 7.12. The summed E-state index contributed by atoms with van der Waals surface area (Å²) in [6.45, 7) is 0. The Balaban J connectivity index is 3.39. The zero-order chi connectivity index (χ0) is 6.41. The molecule has 0 saturated heterocycles. The van der Waals surface area contributed by atoms with Crippen LogP contribution in [0.1, 0.15) is 6.42 Å². The topological polar surface area (TPSA) is 62.7 Å². The number of rotatable bonds is 2. The van der Waals surface area contributed by atoms with Gasteiger partial charge in [0.15, 0.2) is 0 Å². The first-order valence-electron chi connectivity index (χ1n) is 2.04. The van der Waals surface area contributed by atoms with Gasteiger partial charge in [-0.3, -0.25) is 4.79 Å². The summed E-state index contributed by atoms with van der Waals surface area (Å²) in [6, 6.07) is 0. The van der Waals surface area contributed by atoms with Gasteiger partial charge in [0.1, 0.15) is 6.42 Å². The monoisotopic (exact) mass is 114 g/mol. The SMILES string of the molecule is COC(=O)CC=[N+]=[N-]. The van der Waals surface area contributed by atoms with Crippen molar-refractivity contribution in [2.75, 3.05) is 7.11 Å². The van der Waals surface area contributed by atoms with Crippen molar-refractivity contribution in [2.24, 2.45) is 0 Å². The number of esters is 1. The van der Waals surface area contributed by atoms with Crippen molar-refractivity contribution in [3.05, 3.63) is 5.53 Å². The first-order valence-corrected chi connectivity index (χ1v) is 2.04. The van der Waals surface area contributed by atoms with Crippen molar-refractivity contribution in [1.29, 1.82) is 0 Å². The summed E-state index contributed by atoms with van der Waals surface area (Å²) in [5.41, 5.74) is 7.77. The standard InChI is InChI=1S/C4H6N2O2/c1-8-4(7)2-3-6-5/h3H,2H2,1H3. The minimum absolute atomic E-state index is 0.0208. The summed E-state index contributed by atoms with van der Waals surface area (Å²) in [5, 5.41) is 0.